The molecule has 0 aliphatic carbocycles. The summed E-state index contributed by atoms with van der Waals surface area (Å²) >= 11 is 1.52. The molecule has 5 heteroatoms. The van der Waals surface area contributed by atoms with Crippen molar-refractivity contribution in [2.24, 2.45) is 7.05 Å². The molecule has 0 aromatic carbocycles. The zero-order valence-electron chi connectivity index (χ0n) is 8.01. The van der Waals surface area contributed by atoms with E-state index in [9.17, 15) is 5.11 Å². The van der Waals surface area contributed by atoms with Crippen molar-refractivity contribution in [1.82, 2.24) is 14.8 Å². The summed E-state index contributed by atoms with van der Waals surface area (Å²) in [4.78, 5) is 4.31. The predicted molar refractivity (Wildman–Crippen MR) is 54.9 cm³/mol. The van der Waals surface area contributed by atoms with Gasteiger partial charge in [0.05, 0.1) is 18.0 Å². The van der Waals surface area contributed by atoms with Crippen LogP contribution in [0, 0.1) is 0 Å². The highest BCUT2D eigenvalue weighted by atomic mass is 32.1. The summed E-state index contributed by atoms with van der Waals surface area (Å²) in [5.74, 6) is 0. The van der Waals surface area contributed by atoms with Crippen LogP contribution in [0.25, 0.3) is 10.6 Å². The van der Waals surface area contributed by atoms with Gasteiger partial charge in [0.15, 0.2) is 0 Å². The van der Waals surface area contributed by atoms with Crippen LogP contribution in [0.3, 0.4) is 0 Å². The topological polar surface area (TPSA) is 50.9 Å². The second kappa shape index (κ2) is 3.51. The fourth-order valence-electron chi connectivity index (χ4n) is 1.14. The van der Waals surface area contributed by atoms with Crippen LogP contribution < -0.4 is 0 Å². The minimum Gasteiger partial charge on any atom is -0.387 e. The SMILES string of the molecule is CC(O)c1csc(-c2cnn(C)c2)n1. The fourth-order valence-corrected chi connectivity index (χ4v) is 2.02. The Labute approximate surface area is 85.8 Å². The maximum Gasteiger partial charge on any atom is 0.126 e. The fraction of sp³-hybridized carbons (Fsp3) is 0.333. The predicted octanol–water partition coefficient (Wildman–Crippen LogP) is 1.60. The van der Waals surface area contributed by atoms with E-state index in [1.807, 2.05) is 18.6 Å². The third-order valence-electron chi connectivity index (χ3n) is 1.90. The molecule has 2 heterocycles. The summed E-state index contributed by atoms with van der Waals surface area (Å²) in [6, 6.07) is 0. The van der Waals surface area contributed by atoms with E-state index in [0.29, 0.717) is 5.69 Å². The van der Waals surface area contributed by atoms with Crippen molar-refractivity contribution in [2.75, 3.05) is 0 Å². The molecule has 2 aromatic rings. The van der Waals surface area contributed by atoms with Crippen molar-refractivity contribution in [1.29, 1.82) is 0 Å². The smallest absolute Gasteiger partial charge is 0.126 e. The van der Waals surface area contributed by atoms with Crippen molar-refractivity contribution in [3.63, 3.8) is 0 Å². The Bertz CT molecular complexity index is 433. The molecule has 0 saturated heterocycles. The van der Waals surface area contributed by atoms with Gasteiger partial charge >= 0.3 is 0 Å². The highest BCUT2D eigenvalue weighted by molar-refractivity contribution is 7.13. The first-order valence-electron chi connectivity index (χ1n) is 4.29. The molecule has 0 aliphatic rings. The van der Waals surface area contributed by atoms with Gasteiger partial charge in [-0.25, -0.2) is 4.98 Å². The largest absolute Gasteiger partial charge is 0.387 e. The molecule has 0 amide bonds. The van der Waals surface area contributed by atoms with Crippen molar-refractivity contribution < 1.29 is 5.11 Å². The Hall–Kier alpha value is -1.20. The van der Waals surface area contributed by atoms with Gasteiger partial charge in [0.25, 0.3) is 0 Å². The molecule has 0 spiro atoms. The Morgan fingerprint density at radius 2 is 2.36 bits per heavy atom. The average Bonchev–Trinajstić information content (AvgIpc) is 2.70. The Morgan fingerprint density at radius 1 is 1.57 bits per heavy atom. The Kier molecular flexibility index (Phi) is 2.35. The molecule has 1 N–H and O–H groups in total. The number of rotatable bonds is 2. The summed E-state index contributed by atoms with van der Waals surface area (Å²) in [6.45, 7) is 1.71. The molecule has 0 fully saturated rings. The number of hydrogen-bond acceptors (Lipinski definition) is 4. The summed E-state index contributed by atoms with van der Waals surface area (Å²) < 4.78 is 1.73. The summed E-state index contributed by atoms with van der Waals surface area (Å²) in [7, 11) is 1.87. The van der Waals surface area contributed by atoms with Gasteiger partial charge in [-0.15, -0.1) is 11.3 Å². The maximum atomic E-state index is 9.31. The number of aromatic nitrogens is 3. The van der Waals surface area contributed by atoms with Crippen LogP contribution in [0.15, 0.2) is 17.8 Å². The van der Waals surface area contributed by atoms with Gasteiger partial charge in [-0.1, -0.05) is 0 Å². The molecule has 0 saturated carbocycles. The van der Waals surface area contributed by atoms with Crippen molar-refractivity contribution >= 4 is 11.3 Å². The summed E-state index contributed by atoms with van der Waals surface area (Å²) in [6.07, 6.45) is 3.17. The van der Waals surface area contributed by atoms with Gasteiger partial charge in [-0.2, -0.15) is 5.10 Å². The van der Waals surface area contributed by atoms with Crippen molar-refractivity contribution in [3.8, 4) is 10.6 Å². The van der Waals surface area contributed by atoms with Crippen LogP contribution in [0.5, 0.6) is 0 Å². The minimum atomic E-state index is -0.503. The number of hydrogen-bond donors (Lipinski definition) is 1. The highest BCUT2D eigenvalue weighted by Crippen LogP contribution is 2.25. The van der Waals surface area contributed by atoms with E-state index >= 15 is 0 Å². The van der Waals surface area contributed by atoms with Crippen LogP contribution in [0.2, 0.25) is 0 Å². The highest BCUT2D eigenvalue weighted by Gasteiger charge is 2.09. The maximum absolute atomic E-state index is 9.31. The van der Waals surface area contributed by atoms with Crippen LogP contribution in [-0.2, 0) is 7.05 Å². The van der Waals surface area contributed by atoms with Gasteiger partial charge in [0.2, 0.25) is 0 Å². The van der Waals surface area contributed by atoms with Gasteiger partial charge in [0, 0.05) is 24.2 Å². The lowest BCUT2D eigenvalue weighted by molar-refractivity contribution is 0.195. The van der Waals surface area contributed by atoms with Gasteiger partial charge in [-0.3, -0.25) is 4.68 Å². The second-order valence-corrected chi connectivity index (χ2v) is 4.01. The molecule has 1 atom stereocenters. The number of aryl methyl sites for hydroxylation is 1. The molecule has 1 unspecified atom stereocenters. The van der Waals surface area contributed by atoms with Gasteiger partial charge in [0.1, 0.15) is 5.01 Å². The number of aliphatic hydroxyl groups is 1. The van der Waals surface area contributed by atoms with E-state index < -0.39 is 6.10 Å². The van der Waals surface area contributed by atoms with E-state index in [0.717, 1.165) is 10.6 Å². The van der Waals surface area contributed by atoms with E-state index in [1.54, 1.807) is 17.8 Å². The molecule has 2 rings (SSSR count). The average molecular weight is 209 g/mol. The number of nitrogens with zero attached hydrogens (tertiary/aromatic N) is 3. The molecule has 0 radical (unpaired) electrons. The zero-order chi connectivity index (χ0) is 10.1. The molecular weight excluding hydrogens is 198 g/mol. The third kappa shape index (κ3) is 1.69. The third-order valence-corrected chi connectivity index (χ3v) is 2.81. The lowest BCUT2D eigenvalue weighted by Gasteiger charge is -1.95. The Balaban J connectivity index is 2.33. The number of aliphatic hydroxyl groups excluding tert-OH is 1. The lowest BCUT2D eigenvalue weighted by Crippen LogP contribution is -1.90. The molecule has 4 nitrogen and oxygen atoms in total. The molecule has 0 aliphatic heterocycles. The van der Waals surface area contributed by atoms with Crippen molar-refractivity contribution in [2.45, 2.75) is 13.0 Å². The lowest BCUT2D eigenvalue weighted by atomic mass is 10.3. The van der Waals surface area contributed by atoms with Crippen LogP contribution in [0.4, 0.5) is 0 Å². The normalized spacial score (nSPS) is 13.1. The van der Waals surface area contributed by atoms with Crippen molar-refractivity contribution in [3.05, 3.63) is 23.5 Å². The molecule has 2 aromatic heterocycles. The first kappa shape index (κ1) is 9.36. The minimum absolute atomic E-state index is 0.503. The molecule has 14 heavy (non-hydrogen) atoms. The Morgan fingerprint density at radius 3 is 2.86 bits per heavy atom. The quantitative estimate of drug-likeness (QED) is 0.817. The van der Waals surface area contributed by atoms with E-state index in [4.69, 9.17) is 0 Å². The second-order valence-electron chi connectivity index (χ2n) is 3.16. The zero-order valence-corrected chi connectivity index (χ0v) is 8.82. The van der Waals surface area contributed by atoms with E-state index in [2.05, 4.69) is 10.1 Å². The molecular formula is C9H11N3OS. The first-order chi connectivity index (χ1) is 6.66. The van der Waals surface area contributed by atoms with Crippen LogP contribution in [0.1, 0.15) is 18.7 Å². The monoisotopic (exact) mass is 209 g/mol. The van der Waals surface area contributed by atoms with Gasteiger partial charge in [-0.05, 0) is 6.92 Å². The first-order valence-corrected chi connectivity index (χ1v) is 5.17. The van der Waals surface area contributed by atoms with Crippen LogP contribution in [-0.4, -0.2) is 19.9 Å². The van der Waals surface area contributed by atoms with E-state index in [-0.39, 0.29) is 0 Å². The van der Waals surface area contributed by atoms with Crippen LogP contribution >= 0.6 is 11.3 Å². The number of thiazole rings is 1. The molecule has 0 bridgehead atoms. The summed E-state index contributed by atoms with van der Waals surface area (Å²) in [5, 5.41) is 16.1. The van der Waals surface area contributed by atoms with E-state index in [1.165, 1.54) is 11.3 Å². The molecule has 74 valence electrons. The summed E-state index contributed by atoms with van der Waals surface area (Å²) in [5.41, 5.74) is 1.71. The standard InChI is InChI=1S/C9H11N3OS/c1-6(13)8-5-14-9(11-8)7-3-10-12(2)4-7/h3-6,13H,1-2H3. The van der Waals surface area contributed by atoms with Gasteiger partial charge < -0.3 is 5.11 Å².